The maximum Gasteiger partial charge on any atom is 0.196 e. The number of allylic oxidation sites excluding steroid dienone is 1. The first-order valence-electron chi connectivity index (χ1n) is 3.10. The highest BCUT2D eigenvalue weighted by Gasteiger charge is 2.05. The van der Waals surface area contributed by atoms with Crippen LogP contribution in [0.3, 0.4) is 0 Å². The summed E-state index contributed by atoms with van der Waals surface area (Å²) in [4.78, 5) is 14.5. The van der Waals surface area contributed by atoms with Crippen LogP contribution < -0.4 is 5.73 Å². The van der Waals surface area contributed by atoms with E-state index in [9.17, 15) is 4.79 Å². The van der Waals surface area contributed by atoms with E-state index in [4.69, 9.17) is 5.73 Å². The molecule has 0 atom stereocenters. The molecular formula is C7H12N2O2. The number of ketones is 1. The lowest BCUT2D eigenvalue weighted by Crippen LogP contribution is -2.11. The first-order chi connectivity index (χ1) is 5.13. The fourth-order valence-corrected chi connectivity index (χ4v) is 0.567. The molecule has 0 heterocycles. The molecule has 4 nitrogen and oxygen atoms in total. The Hall–Kier alpha value is -1.32. The second-order valence-corrected chi connectivity index (χ2v) is 1.93. The predicted octanol–water partition coefficient (Wildman–Crippen LogP) is 0.0927. The Bertz CT molecular complexity index is 206. The van der Waals surface area contributed by atoms with Gasteiger partial charge < -0.3 is 10.5 Å². The summed E-state index contributed by atoms with van der Waals surface area (Å²) >= 11 is 0. The Morgan fingerprint density at radius 2 is 2.18 bits per heavy atom. The number of nitrogens with two attached hydrogens (primary N) is 1. The minimum absolute atomic E-state index is 0.100. The van der Waals surface area contributed by atoms with Gasteiger partial charge in [0.25, 0.3) is 0 Å². The average molecular weight is 156 g/mol. The van der Waals surface area contributed by atoms with Crippen molar-refractivity contribution in [3.05, 3.63) is 11.5 Å². The number of Topliss-reactive ketones (excluding diaryl/α,β-unsaturated/α-hetero) is 1. The monoisotopic (exact) mass is 156 g/mol. The summed E-state index contributed by atoms with van der Waals surface area (Å²) in [6.45, 7) is 1.41. The molecule has 4 heteroatoms. The molecule has 0 aliphatic carbocycles. The van der Waals surface area contributed by atoms with E-state index >= 15 is 0 Å². The van der Waals surface area contributed by atoms with Crippen LogP contribution in [0.1, 0.15) is 6.92 Å². The quantitative estimate of drug-likeness (QED) is 0.358. The number of hydrogen-bond donors (Lipinski definition) is 1. The fraction of sp³-hybridized carbons (Fsp3) is 0.429. The second-order valence-electron chi connectivity index (χ2n) is 1.93. The Kier molecular flexibility index (Phi) is 3.95. The first kappa shape index (κ1) is 9.68. The summed E-state index contributed by atoms with van der Waals surface area (Å²) in [6.07, 6.45) is 1.38. The van der Waals surface area contributed by atoms with E-state index in [1.54, 1.807) is 7.05 Å². The lowest BCUT2D eigenvalue weighted by molar-refractivity contribution is -0.113. The van der Waals surface area contributed by atoms with E-state index in [2.05, 4.69) is 9.73 Å². The smallest absolute Gasteiger partial charge is 0.196 e. The summed E-state index contributed by atoms with van der Waals surface area (Å²) < 4.78 is 4.67. The third kappa shape index (κ3) is 2.84. The molecule has 0 saturated heterocycles. The van der Waals surface area contributed by atoms with Crippen LogP contribution >= 0.6 is 0 Å². The number of methoxy groups -OCH3 is 1. The van der Waals surface area contributed by atoms with Crippen molar-refractivity contribution in [3.63, 3.8) is 0 Å². The second kappa shape index (κ2) is 4.49. The van der Waals surface area contributed by atoms with Crippen molar-refractivity contribution in [2.24, 2.45) is 10.7 Å². The highest BCUT2D eigenvalue weighted by molar-refractivity contribution is 6.12. The van der Waals surface area contributed by atoms with Crippen molar-refractivity contribution < 1.29 is 9.53 Å². The molecule has 0 rings (SSSR count). The van der Waals surface area contributed by atoms with Gasteiger partial charge in [-0.15, -0.1) is 0 Å². The minimum Gasteiger partial charge on any atom is -0.482 e. The average Bonchev–Trinajstić information content (AvgIpc) is 1.98. The Morgan fingerprint density at radius 1 is 1.64 bits per heavy atom. The number of carbonyl (C=O) groups is 1. The largest absolute Gasteiger partial charge is 0.482 e. The standard InChI is InChI=1S/C7H12N2O2/c1-5(10)6(4-9-2)7(8)11-3/h4H,8H2,1-3H3. The predicted molar refractivity (Wildman–Crippen MR) is 43.3 cm³/mol. The first-order valence-corrected chi connectivity index (χ1v) is 3.10. The summed E-state index contributed by atoms with van der Waals surface area (Å²) in [5.41, 5.74) is 5.65. The van der Waals surface area contributed by atoms with Crippen molar-refractivity contribution >= 4 is 12.0 Å². The Labute approximate surface area is 65.7 Å². The normalized spacial score (nSPS) is 13.0. The van der Waals surface area contributed by atoms with Crippen LogP contribution in [0.15, 0.2) is 16.4 Å². The van der Waals surface area contributed by atoms with Gasteiger partial charge in [-0.3, -0.25) is 9.79 Å². The van der Waals surface area contributed by atoms with Crippen molar-refractivity contribution in [1.82, 2.24) is 0 Å². The van der Waals surface area contributed by atoms with E-state index in [1.165, 1.54) is 20.2 Å². The van der Waals surface area contributed by atoms with E-state index < -0.39 is 0 Å². The van der Waals surface area contributed by atoms with Crippen molar-refractivity contribution in [3.8, 4) is 0 Å². The fourth-order valence-electron chi connectivity index (χ4n) is 0.567. The minimum atomic E-state index is -0.157. The van der Waals surface area contributed by atoms with E-state index in [1.807, 2.05) is 0 Å². The molecule has 0 aliphatic rings. The third-order valence-electron chi connectivity index (χ3n) is 1.12. The number of aliphatic imine (C=N–C) groups is 1. The van der Waals surface area contributed by atoms with Crippen LogP contribution in [0.5, 0.6) is 0 Å². The maximum atomic E-state index is 10.8. The zero-order valence-corrected chi connectivity index (χ0v) is 6.92. The summed E-state index contributed by atoms with van der Waals surface area (Å²) in [6, 6.07) is 0. The van der Waals surface area contributed by atoms with Gasteiger partial charge in [-0.2, -0.15) is 0 Å². The molecule has 11 heavy (non-hydrogen) atoms. The number of nitrogens with zero attached hydrogens (tertiary/aromatic N) is 1. The van der Waals surface area contributed by atoms with Crippen LogP contribution in [-0.4, -0.2) is 26.2 Å². The van der Waals surface area contributed by atoms with Gasteiger partial charge in [0.2, 0.25) is 0 Å². The van der Waals surface area contributed by atoms with Crippen LogP contribution in [0.2, 0.25) is 0 Å². The molecule has 62 valence electrons. The van der Waals surface area contributed by atoms with Gasteiger partial charge >= 0.3 is 0 Å². The lowest BCUT2D eigenvalue weighted by Gasteiger charge is -2.01. The molecule has 0 amide bonds. The molecule has 0 aliphatic heterocycles. The van der Waals surface area contributed by atoms with Crippen LogP contribution in [0.4, 0.5) is 0 Å². The molecule has 0 aromatic rings. The number of hydrogen-bond acceptors (Lipinski definition) is 4. The highest BCUT2D eigenvalue weighted by Crippen LogP contribution is 1.97. The topological polar surface area (TPSA) is 64.7 Å². The van der Waals surface area contributed by atoms with Gasteiger partial charge in [-0.1, -0.05) is 0 Å². The van der Waals surface area contributed by atoms with Crippen molar-refractivity contribution in [2.75, 3.05) is 14.2 Å². The molecule has 0 saturated carbocycles. The lowest BCUT2D eigenvalue weighted by atomic mass is 10.2. The number of rotatable bonds is 3. The van der Waals surface area contributed by atoms with Gasteiger partial charge in [0.1, 0.15) is 0 Å². The SMILES string of the molecule is CN=CC(C(C)=O)=C(N)OC. The van der Waals surface area contributed by atoms with E-state index in [0.717, 1.165) is 0 Å². The Balaban J connectivity index is 4.72. The molecule has 0 aromatic carbocycles. The molecule has 0 unspecified atom stereocenters. The van der Waals surface area contributed by atoms with E-state index in [-0.39, 0.29) is 11.7 Å². The molecule has 0 bridgehead atoms. The van der Waals surface area contributed by atoms with Crippen molar-refractivity contribution in [2.45, 2.75) is 6.92 Å². The maximum absolute atomic E-state index is 10.8. The Morgan fingerprint density at radius 3 is 2.45 bits per heavy atom. The number of ether oxygens (including phenoxy) is 1. The summed E-state index contributed by atoms with van der Waals surface area (Å²) in [5.74, 6) is -0.0574. The van der Waals surface area contributed by atoms with Crippen LogP contribution in [0, 0.1) is 0 Å². The van der Waals surface area contributed by atoms with Crippen LogP contribution in [-0.2, 0) is 9.53 Å². The zero-order valence-electron chi connectivity index (χ0n) is 6.92. The van der Waals surface area contributed by atoms with E-state index in [0.29, 0.717) is 5.57 Å². The summed E-state index contributed by atoms with van der Waals surface area (Å²) in [5, 5.41) is 0. The molecular weight excluding hydrogens is 144 g/mol. The summed E-state index contributed by atoms with van der Waals surface area (Å²) in [7, 11) is 2.97. The molecule has 0 spiro atoms. The van der Waals surface area contributed by atoms with Gasteiger partial charge in [-0.25, -0.2) is 0 Å². The van der Waals surface area contributed by atoms with Gasteiger partial charge in [0.15, 0.2) is 11.7 Å². The van der Waals surface area contributed by atoms with Gasteiger partial charge in [0, 0.05) is 13.3 Å². The highest BCUT2D eigenvalue weighted by atomic mass is 16.5. The molecule has 0 aromatic heterocycles. The van der Waals surface area contributed by atoms with Gasteiger partial charge in [0.05, 0.1) is 12.7 Å². The van der Waals surface area contributed by atoms with Crippen LogP contribution in [0.25, 0.3) is 0 Å². The molecule has 2 N–H and O–H groups in total. The molecule has 0 radical (unpaired) electrons. The third-order valence-corrected chi connectivity index (χ3v) is 1.12. The van der Waals surface area contributed by atoms with Crippen molar-refractivity contribution in [1.29, 1.82) is 0 Å². The zero-order chi connectivity index (χ0) is 8.85. The number of carbonyl (C=O) groups excluding carboxylic acids is 1. The molecule has 0 fully saturated rings. The van der Waals surface area contributed by atoms with Gasteiger partial charge in [-0.05, 0) is 6.92 Å².